The van der Waals surface area contributed by atoms with Crippen LogP contribution in [0.5, 0.6) is 0 Å². The first-order chi connectivity index (χ1) is 16.4. The second kappa shape index (κ2) is 10.2. The number of piperidine rings is 3. The van der Waals surface area contributed by atoms with Gasteiger partial charge in [-0.25, -0.2) is 8.42 Å². The normalized spacial score (nSPS) is 30.7. The molecule has 0 aromatic heterocycles. The van der Waals surface area contributed by atoms with Gasteiger partial charge in [-0.1, -0.05) is 17.7 Å². The number of rotatable bonds is 6. The van der Waals surface area contributed by atoms with E-state index < -0.39 is 10.0 Å². The highest BCUT2D eigenvalue weighted by atomic mass is 32.2. The summed E-state index contributed by atoms with van der Waals surface area (Å²) in [5.74, 6) is 0.935. The molecule has 0 aliphatic carbocycles. The zero-order valence-corrected chi connectivity index (χ0v) is 21.2. The minimum Gasteiger partial charge on any atom is -0.378 e. The Kier molecular flexibility index (Phi) is 7.30. The van der Waals surface area contributed by atoms with Gasteiger partial charge in [0.15, 0.2) is 0 Å². The van der Waals surface area contributed by atoms with Gasteiger partial charge in [-0.05, 0) is 82.5 Å². The van der Waals surface area contributed by atoms with Crippen molar-refractivity contribution >= 4 is 15.9 Å². The molecule has 0 radical (unpaired) electrons. The van der Waals surface area contributed by atoms with Crippen LogP contribution in [0.15, 0.2) is 29.2 Å². The maximum absolute atomic E-state index is 13.9. The average molecular weight is 490 g/mol. The summed E-state index contributed by atoms with van der Waals surface area (Å²) in [6, 6.07) is 7.74. The van der Waals surface area contributed by atoms with Gasteiger partial charge in [0, 0.05) is 38.1 Å². The molecule has 0 spiro atoms. The van der Waals surface area contributed by atoms with Crippen molar-refractivity contribution in [1.29, 1.82) is 0 Å². The summed E-state index contributed by atoms with van der Waals surface area (Å²) in [7, 11) is -3.58. The number of hydrogen-bond donors (Lipinski definition) is 0. The summed E-state index contributed by atoms with van der Waals surface area (Å²) in [6.45, 7) is 7.42. The van der Waals surface area contributed by atoms with Crippen molar-refractivity contribution < 1.29 is 17.9 Å². The summed E-state index contributed by atoms with van der Waals surface area (Å²) in [5, 5.41) is 0. The predicted molar refractivity (Wildman–Crippen MR) is 131 cm³/mol. The van der Waals surface area contributed by atoms with Crippen LogP contribution in [0.1, 0.15) is 50.5 Å². The van der Waals surface area contributed by atoms with E-state index in [0.717, 1.165) is 57.2 Å². The molecule has 34 heavy (non-hydrogen) atoms. The highest BCUT2D eigenvalue weighted by Gasteiger charge is 2.51. The standard InChI is InChI=1S/C26H39N3O4S/c1-20-9-11-22(12-10-20)34(31,32)29-19-21-5-3-13-28-14-4-6-23(26(21)28)24(29)7-2-8-25(30)27-15-17-33-18-16-27/h9-12,21,23-24,26H,2-8,13-19H2,1H3/t21-,23+,24+,26-/m0/s1. The Morgan fingerprint density at radius 2 is 1.74 bits per heavy atom. The maximum Gasteiger partial charge on any atom is 0.243 e. The van der Waals surface area contributed by atoms with E-state index in [2.05, 4.69) is 4.90 Å². The van der Waals surface area contributed by atoms with E-state index in [1.165, 1.54) is 0 Å². The second-order valence-corrected chi connectivity index (χ2v) is 12.5. The minimum absolute atomic E-state index is 0.0362. The van der Waals surface area contributed by atoms with E-state index >= 15 is 0 Å². The number of ether oxygens (including phenoxy) is 1. The molecule has 1 aromatic rings. The number of nitrogens with zero attached hydrogens (tertiary/aromatic N) is 3. The number of morpholine rings is 1. The molecule has 4 heterocycles. The monoisotopic (exact) mass is 489 g/mol. The largest absolute Gasteiger partial charge is 0.378 e. The molecule has 8 heteroatoms. The lowest BCUT2D eigenvalue weighted by Crippen LogP contribution is -2.65. The van der Waals surface area contributed by atoms with E-state index in [1.54, 1.807) is 12.1 Å². The van der Waals surface area contributed by atoms with Crippen LogP contribution in [0, 0.1) is 18.8 Å². The molecule has 1 amide bonds. The topological polar surface area (TPSA) is 70.2 Å². The van der Waals surface area contributed by atoms with Crippen LogP contribution in [-0.4, -0.2) is 86.5 Å². The van der Waals surface area contributed by atoms with Gasteiger partial charge in [0.25, 0.3) is 0 Å². The minimum atomic E-state index is -3.58. The van der Waals surface area contributed by atoms with Gasteiger partial charge in [-0.3, -0.25) is 9.69 Å². The van der Waals surface area contributed by atoms with Crippen molar-refractivity contribution in [3.63, 3.8) is 0 Å². The molecule has 4 aliphatic heterocycles. The smallest absolute Gasteiger partial charge is 0.243 e. The molecule has 1 aromatic carbocycles. The Morgan fingerprint density at radius 3 is 2.47 bits per heavy atom. The van der Waals surface area contributed by atoms with Crippen molar-refractivity contribution in [2.45, 2.75) is 68.8 Å². The number of amides is 1. The van der Waals surface area contributed by atoms with Gasteiger partial charge in [-0.15, -0.1) is 0 Å². The summed E-state index contributed by atoms with van der Waals surface area (Å²) in [6.07, 6.45) is 6.46. The second-order valence-electron chi connectivity index (χ2n) is 10.6. The van der Waals surface area contributed by atoms with Crippen LogP contribution >= 0.6 is 0 Å². The lowest BCUT2D eigenvalue weighted by molar-refractivity contribution is -0.135. The predicted octanol–water partition coefficient (Wildman–Crippen LogP) is 2.89. The molecule has 0 unspecified atom stereocenters. The highest BCUT2D eigenvalue weighted by Crippen LogP contribution is 2.45. The number of benzene rings is 1. The van der Waals surface area contributed by atoms with E-state index in [1.807, 2.05) is 28.3 Å². The first-order valence-electron chi connectivity index (χ1n) is 13.1. The zero-order chi connectivity index (χ0) is 23.7. The van der Waals surface area contributed by atoms with Crippen LogP contribution < -0.4 is 0 Å². The third kappa shape index (κ3) is 4.79. The van der Waals surface area contributed by atoms with Crippen LogP contribution in [-0.2, 0) is 19.6 Å². The summed E-state index contributed by atoms with van der Waals surface area (Å²) >= 11 is 0. The summed E-state index contributed by atoms with van der Waals surface area (Å²) in [5.41, 5.74) is 1.06. The number of carbonyl (C=O) groups excluding carboxylic acids is 1. The molecule has 5 rings (SSSR count). The Morgan fingerprint density at radius 1 is 1.03 bits per heavy atom. The van der Waals surface area contributed by atoms with Gasteiger partial charge in [0.05, 0.1) is 18.1 Å². The van der Waals surface area contributed by atoms with Crippen LogP contribution in [0.4, 0.5) is 0 Å². The average Bonchev–Trinajstić information content (AvgIpc) is 2.86. The lowest BCUT2D eigenvalue weighted by atomic mass is 9.70. The Labute approximate surface area is 204 Å². The highest BCUT2D eigenvalue weighted by molar-refractivity contribution is 7.89. The van der Waals surface area contributed by atoms with E-state index in [9.17, 15) is 13.2 Å². The number of carbonyl (C=O) groups is 1. The third-order valence-corrected chi connectivity index (χ3v) is 10.4. The molecule has 4 atom stereocenters. The van der Waals surface area contributed by atoms with Crippen molar-refractivity contribution in [2.24, 2.45) is 11.8 Å². The van der Waals surface area contributed by atoms with E-state index in [4.69, 9.17) is 4.74 Å². The molecule has 4 aliphatic rings. The molecule has 0 bridgehead atoms. The maximum atomic E-state index is 13.9. The zero-order valence-electron chi connectivity index (χ0n) is 20.4. The first-order valence-corrected chi connectivity index (χ1v) is 14.6. The van der Waals surface area contributed by atoms with Crippen LogP contribution in [0.2, 0.25) is 0 Å². The van der Waals surface area contributed by atoms with Gasteiger partial charge in [-0.2, -0.15) is 4.31 Å². The van der Waals surface area contributed by atoms with Gasteiger partial charge in [0.2, 0.25) is 15.9 Å². The lowest BCUT2D eigenvalue weighted by Gasteiger charge is -2.57. The molecular formula is C26H39N3O4S. The van der Waals surface area contributed by atoms with Crippen molar-refractivity contribution in [3.05, 3.63) is 29.8 Å². The van der Waals surface area contributed by atoms with Gasteiger partial charge in [0.1, 0.15) is 0 Å². The van der Waals surface area contributed by atoms with E-state index in [-0.39, 0.29) is 11.9 Å². The van der Waals surface area contributed by atoms with Crippen LogP contribution in [0.3, 0.4) is 0 Å². The molecular weight excluding hydrogens is 450 g/mol. The van der Waals surface area contributed by atoms with Gasteiger partial charge >= 0.3 is 0 Å². The van der Waals surface area contributed by atoms with Crippen molar-refractivity contribution in [3.8, 4) is 0 Å². The fourth-order valence-electron chi connectivity index (χ4n) is 6.87. The molecule has 0 N–H and O–H groups in total. The Hall–Kier alpha value is -1.48. The molecule has 4 saturated heterocycles. The third-order valence-electron chi connectivity index (χ3n) is 8.51. The number of aryl methyl sites for hydroxylation is 1. The first kappa shape index (κ1) is 24.2. The fraction of sp³-hybridized carbons (Fsp3) is 0.731. The van der Waals surface area contributed by atoms with Crippen LogP contribution in [0.25, 0.3) is 0 Å². The summed E-state index contributed by atoms with van der Waals surface area (Å²) < 4.78 is 35.0. The van der Waals surface area contributed by atoms with E-state index in [0.29, 0.717) is 62.0 Å². The quantitative estimate of drug-likeness (QED) is 0.615. The Bertz CT molecular complexity index is 959. The van der Waals surface area contributed by atoms with Crippen molar-refractivity contribution in [2.75, 3.05) is 45.9 Å². The fourth-order valence-corrected chi connectivity index (χ4v) is 8.63. The molecule has 7 nitrogen and oxygen atoms in total. The SMILES string of the molecule is Cc1ccc(S(=O)(=O)N2C[C@@H]3CCCN4CCC[C@@H]([C@H]34)[C@H]2CCCC(=O)N2CCOCC2)cc1. The number of sulfonamides is 1. The van der Waals surface area contributed by atoms with Crippen molar-refractivity contribution in [1.82, 2.24) is 14.1 Å². The van der Waals surface area contributed by atoms with Gasteiger partial charge < -0.3 is 9.64 Å². The number of hydrogen-bond acceptors (Lipinski definition) is 5. The molecule has 0 saturated carbocycles. The molecule has 4 fully saturated rings. The molecule has 188 valence electrons. The summed E-state index contributed by atoms with van der Waals surface area (Å²) in [4.78, 5) is 17.7. The Balaban J connectivity index is 1.37.